The van der Waals surface area contributed by atoms with Gasteiger partial charge in [-0.2, -0.15) is 0 Å². The Balaban J connectivity index is 1.82. The number of rotatable bonds is 5. The SMILES string of the molecule is Cc1cccc(OCC2=NC(C(N)=O)CN2c2ccc(Cl)cc2)c1C. The van der Waals surface area contributed by atoms with Gasteiger partial charge in [0, 0.05) is 10.7 Å². The average molecular weight is 358 g/mol. The highest BCUT2D eigenvalue weighted by molar-refractivity contribution is 6.30. The number of ether oxygens (including phenoxy) is 1. The molecule has 0 aliphatic carbocycles. The molecule has 0 aromatic heterocycles. The van der Waals surface area contributed by atoms with E-state index in [0.29, 0.717) is 17.4 Å². The number of hydrogen-bond donors (Lipinski definition) is 1. The van der Waals surface area contributed by atoms with E-state index in [4.69, 9.17) is 22.1 Å². The van der Waals surface area contributed by atoms with Crippen LogP contribution in [0, 0.1) is 13.8 Å². The van der Waals surface area contributed by atoms with Crippen molar-refractivity contribution in [2.24, 2.45) is 10.7 Å². The molecule has 5 nitrogen and oxygen atoms in total. The smallest absolute Gasteiger partial charge is 0.244 e. The van der Waals surface area contributed by atoms with Crippen molar-refractivity contribution in [1.29, 1.82) is 0 Å². The minimum atomic E-state index is -0.576. The van der Waals surface area contributed by atoms with Crippen molar-refractivity contribution < 1.29 is 9.53 Å². The van der Waals surface area contributed by atoms with Crippen molar-refractivity contribution in [3.05, 3.63) is 58.6 Å². The predicted molar refractivity (Wildman–Crippen MR) is 101 cm³/mol. The number of aryl methyl sites for hydroxylation is 1. The van der Waals surface area contributed by atoms with Crippen LogP contribution in [-0.4, -0.2) is 30.9 Å². The summed E-state index contributed by atoms with van der Waals surface area (Å²) in [4.78, 5) is 18.0. The van der Waals surface area contributed by atoms with Crippen LogP contribution < -0.4 is 15.4 Å². The van der Waals surface area contributed by atoms with Crippen LogP contribution in [0.4, 0.5) is 5.69 Å². The minimum absolute atomic E-state index is 0.261. The van der Waals surface area contributed by atoms with Gasteiger partial charge in [-0.25, -0.2) is 0 Å². The number of carbonyl (C=O) groups excluding carboxylic acids is 1. The van der Waals surface area contributed by atoms with Crippen LogP contribution in [-0.2, 0) is 4.79 Å². The molecule has 1 aliphatic heterocycles. The molecule has 1 heterocycles. The first-order valence-electron chi connectivity index (χ1n) is 8.04. The molecule has 0 radical (unpaired) electrons. The molecule has 0 saturated heterocycles. The fourth-order valence-corrected chi connectivity index (χ4v) is 2.86. The molecule has 25 heavy (non-hydrogen) atoms. The van der Waals surface area contributed by atoms with Gasteiger partial charge in [0.15, 0.2) is 0 Å². The van der Waals surface area contributed by atoms with Gasteiger partial charge in [-0.1, -0.05) is 23.7 Å². The highest BCUT2D eigenvalue weighted by atomic mass is 35.5. The molecule has 6 heteroatoms. The molecule has 1 amide bonds. The molecule has 0 spiro atoms. The van der Waals surface area contributed by atoms with Crippen LogP contribution in [0.2, 0.25) is 5.02 Å². The Labute approximate surface area is 152 Å². The Kier molecular flexibility index (Phi) is 4.95. The predicted octanol–water partition coefficient (Wildman–Crippen LogP) is 3.11. The molecule has 0 bridgehead atoms. The minimum Gasteiger partial charge on any atom is -0.485 e. The largest absolute Gasteiger partial charge is 0.485 e. The number of hydrogen-bond acceptors (Lipinski definition) is 4. The second-order valence-electron chi connectivity index (χ2n) is 6.04. The standard InChI is InChI=1S/C19H20ClN3O2/c1-12-4-3-5-17(13(12)2)25-11-18-22-16(19(21)24)10-23(18)15-8-6-14(20)7-9-15/h3-9,16H,10-11H2,1-2H3,(H2,21,24). The highest BCUT2D eigenvalue weighted by Gasteiger charge is 2.30. The van der Waals surface area contributed by atoms with E-state index >= 15 is 0 Å². The van der Waals surface area contributed by atoms with Crippen LogP contribution in [0.1, 0.15) is 11.1 Å². The first kappa shape index (κ1) is 17.3. The summed E-state index contributed by atoms with van der Waals surface area (Å²) in [6.07, 6.45) is 0. The van der Waals surface area contributed by atoms with Crippen LogP contribution in [0.5, 0.6) is 5.75 Å². The van der Waals surface area contributed by atoms with Crippen LogP contribution in [0.15, 0.2) is 47.5 Å². The van der Waals surface area contributed by atoms with Gasteiger partial charge >= 0.3 is 0 Å². The maximum Gasteiger partial charge on any atom is 0.244 e. The fourth-order valence-electron chi connectivity index (χ4n) is 2.74. The summed E-state index contributed by atoms with van der Waals surface area (Å²) >= 11 is 5.96. The number of halogens is 1. The van der Waals surface area contributed by atoms with Crippen molar-refractivity contribution >= 4 is 29.0 Å². The number of amidine groups is 1. The lowest BCUT2D eigenvalue weighted by atomic mass is 10.1. The third-order valence-corrected chi connectivity index (χ3v) is 4.60. The first-order valence-corrected chi connectivity index (χ1v) is 8.41. The summed E-state index contributed by atoms with van der Waals surface area (Å²) in [6, 6.07) is 12.7. The van der Waals surface area contributed by atoms with Crippen LogP contribution in [0.3, 0.4) is 0 Å². The van der Waals surface area contributed by atoms with Crippen molar-refractivity contribution in [2.75, 3.05) is 18.1 Å². The quantitative estimate of drug-likeness (QED) is 0.894. The number of benzene rings is 2. The molecule has 3 rings (SSSR count). The number of anilines is 1. The Morgan fingerprint density at radius 1 is 1.28 bits per heavy atom. The van der Waals surface area contributed by atoms with Crippen LogP contribution in [0.25, 0.3) is 0 Å². The topological polar surface area (TPSA) is 67.9 Å². The van der Waals surface area contributed by atoms with Gasteiger partial charge in [0.25, 0.3) is 0 Å². The molecule has 0 saturated carbocycles. The number of amides is 1. The second kappa shape index (κ2) is 7.15. The zero-order chi connectivity index (χ0) is 18.0. The lowest BCUT2D eigenvalue weighted by Gasteiger charge is -2.21. The van der Waals surface area contributed by atoms with E-state index in [0.717, 1.165) is 22.6 Å². The zero-order valence-corrected chi connectivity index (χ0v) is 15.0. The summed E-state index contributed by atoms with van der Waals surface area (Å²) in [5.74, 6) is 1.04. The molecule has 2 aromatic rings. The average Bonchev–Trinajstić information content (AvgIpc) is 3.01. The number of primary amides is 1. The van der Waals surface area contributed by atoms with Gasteiger partial charge < -0.3 is 15.4 Å². The lowest BCUT2D eigenvalue weighted by Crippen LogP contribution is -2.36. The molecular formula is C19H20ClN3O2. The third-order valence-electron chi connectivity index (χ3n) is 4.35. The third kappa shape index (κ3) is 3.77. The summed E-state index contributed by atoms with van der Waals surface area (Å²) in [6.45, 7) is 4.72. The van der Waals surface area contributed by atoms with Gasteiger partial charge in [-0.05, 0) is 55.3 Å². The fraction of sp³-hybridized carbons (Fsp3) is 0.263. The number of nitrogens with zero attached hydrogens (tertiary/aromatic N) is 2. The first-order chi connectivity index (χ1) is 12.0. The van der Waals surface area contributed by atoms with Gasteiger partial charge in [0.1, 0.15) is 24.2 Å². The molecule has 2 N–H and O–H groups in total. The van der Waals surface area contributed by atoms with E-state index in [2.05, 4.69) is 4.99 Å². The molecule has 2 aromatic carbocycles. The van der Waals surface area contributed by atoms with E-state index in [-0.39, 0.29) is 6.61 Å². The van der Waals surface area contributed by atoms with Crippen molar-refractivity contribution in [3.8, 4) is 5.75 Å². The maximum atomic E-state index is 11.6. The van der Waals surface area contributed by atoms with Gasteiger partial charge in [-0.3, -0.25) is 9.79 Å². The zero-order valence-electron chi connectivity index (χ0n) is 14.2. The number of aliphatic imine (C=N–C) groups is 1. The maximum absolute atomic E-state index is 11.6. The van der Waals surface area contributed by atoms with Gasteiger partial charge in [0.2, 0.25) is 5.91 Å². The normalized spacial score (nSPS) is 16.7. The summed E-state index contributed by atoms with van der Waals surface area (Å²) in [7, 11) is 0. The van der Waals surface area contributed by atoms with Gasteiger partial charge in [-0.15, -0.1) is 0 Å². The van der Waals surface area contributed by atoms with Crippen molar-refractivity contribution in [1.82, 2.24) is 0 Å². The lowest BCUT2D eigenvalue weighted by molar-refractivity contribution is -0.118. The van der Waals surface area contributed by atoms with Crippen molar-refractivity contribution in [2.45, 2.75) is 19.9 Å². The number of nitrogens with two attached hydrogens (primary N) is 1. The summed E-state index contributed by atoms with van der Waals surface area (Å²) in [5.41, 5.74) is 8.59. The Hall–Kier alpha value is -2.53. The van der Waals surface area contributed by atoms with E-state index in [1.807, 2.05) is 49.1 Å². The Morgan fingerprint density at radius 2 is 2.00 bits per heavy atom. The molecule has 1 aliphatic rings. The van der Waals surface area contributed by atoms with Gasteiger partial charge in [0.05, 0.1) is 6.54 Å². The van der Waals surface area contributed by atoms with Crippen LogP contribution >= 0.6 is 11.6 Å². The number of carbonyl (C=O) groups is 1. The summed E-state index contributed by atoms with van der Waals surface area (Å²) in [5, 5.41) is 0.652. The molecular weight excluding hydrogens is 338 g/mol. The second-order valence-corrected chi connectivity index (χ2v) is 6.47. The van der Waals surface area contributed by atoms with E-state index in [1.54, 1.807) is 12.1 Å². The van der Waals surface area contributed by atoms with Crippen molar-refractivity contribution in [3.63, 3.8) is 0 Å². The Bertz CT molecular complexity index is 818. The Morgan fingerprint density at radius 3 is 2.68 bits per heavy atom. The molecule has 130 valence electrons. The van der Waals surface area contributed by atoms with E-state index in [9.17, 15) is 4.79 Å². The summed E-state index contributed by atoms with van der Waals surface area (Å²) < 4.78 is 5.95. The molecule has 1 unspecified atom stereocenters. The highest BCUT2D eigenvalue weighted by Crippen LogP contribution is 2.24. The molecule has 0 fully saturated rings. The molecule has 1 atom stereocenters. The monoisotopic (exact) mass is 357 g/mol. The van der Waals surface area contributed by atoms with E-state index < -0.39 is 11.9 Å². The van der Waals surface area contributed by atoms with E-state index in [1.165, 1.54) is 0 Å².